The molecule has 4 nitrogen and oxygen atoms in total. The van der Waals surface area contributed by atoms with E-state index in [0.717, 1.165) is 12.8 Å². The first-order valence-electron chi connectivity index (χ1n) is 11.2. The maximum absolute atomic E-state index is 12.4. The molecule has 158 valence electrons. The van der Waals surface area contributed by atoms with Crippen LogP contribution in [0, 0.1) is 5.92 Å². The van der Waals surface area contributed by atoms with E-state index in [1.807, 2.05) is 13.8 Å². The summed E-state index contributed by atoms with van der Waals surface area (Å²) in [4.78, 5) is 25.3. The highest BCUT2D eigenvalue weighted by atomic mass is 16.4. The number of amides is 1. The van der Waals surface area contributed by atoms with Crippen molar-refractivity contribution in [2.24, 2.45) is 5.92 Å². The number of aliphatic carboxylic acids is 1. The Morgan fingerprint density at radius 2 is 1.33 bits per heavy atom. The van der Waals surface area contributed by atoms with Crippen LogP contribution in [0.25, 0.3) is 0 Å². The van der Waals surface area contributed by atoms with Gasteiger partial charge in [0.1, 0.15) is 0 Å². The van der Waals surface area contributed by atoms with Crippen LogP contribution in [0.5, 0.6) is 0 Å². The van der Waals surface area contributed by atoms with E-state index < -0.39 is 5.97 Å². The molecule has 0 saturated carbocycles. The average Bonchev–Trinajstić information content (AvgIpc) is 2.65. The van der Waals surface area contributed by atoms with Crippen LogP contribution in [0.4, 0.5) is 0 Å². The fraction of sp³-hybridized carbons (Fsp3) is 0.826. The van der Waals surface area contributed by atoms with Crippen LogP contribution >= 0.6 is 0 Å². The molecule has 0 spiro atoms. The highest BCUT2D eigenvalue weighted by Gasteiger charge is 2.24. The van der Waals surface area contributed by atoms with Crippen molar-refractivity contribution in [1.29, 1.82) is 0 Å². The monoisotopic (exact) mass is 381 g/mol. The highest BCUT2D eigenvalue weighted by Crippen LogP contribution is 2.18. The molecule has 0 bridgehead atoms. The molecule has 27 heavy (non-hydrogen) atoms. The SMILES string of the molecule is CCC/C=C/CCCCCCCCCCC(CC(=O)O)C(=O)N(CC)CC. The summed E-state index contributed by atoms with van der Waals surface area (Å²) in [5.41, 5.74) is 0. The number of hydrogen-bond donors (Lipinski definition) is 1. The lowest BCUT2D eigenvalue weighted by molar-refractivity contribution is -0.144. The third-order valence-corrected chi connectivity index (χ3v) is 5.14. The van der Waals surface area contributed by atoms with Crippen molar-refractivity contribution in [2.75, 3.05) is 13.1 Å². The number of unbranched alkanes of at least 4 members (excludes halogenated alkanes) is 9. The zero-order chi connectivity index (χ0) is 20.3. The van der Waals surface area contributed by atoms with Gasteiger partial charge >= 0.3 is 5.97 Å². The van der Waals surface area contributed by atoms with Gasteiger partial charge in [-0.3, -0.25) is 9.59 Å². The van der Waals surface area contributed by atoms with E-state index in [1.165, 1.54) is 57.8 Å². The van der Waals surface area contributed by atoms with Gasteiger partial charge in [-0.1, -0.05) is 70.4 Å². The minimum Gasteiger partial charge on any atom is -0.481 e. The molecule has 1 N–H and O–H groups in total. The summed E-state index contributed by atoms with van der Waals surface area (Å²) in [5.74, 6) is -1.22. The van der Waals surface area contributed by atoms with Crippen LogP contribution in [-0.4, -0.2) is 35.0 Å². The normalized spacial score (nSPS) is 12.4. The zero-order valence-electron chi connectivity index (χ0n) is 18.0. The van der Waals surface area contributed by atoms with E-state index in [4.69, 9.17) is 5.11 Å². The summed E-state index contributed by atoms with van der Waals surface area (Å²) in [7, 11) is 0. The Balaban J connectivity index is 3.79. The fourth-order valence-corrected chi connectivity index (χ4v) is 3.43. The summed E-state index contributed by atoms with van der Waals surface area (Å²) in [6.45, 7) is 7.40. The third kappa shape index (κ3) is 14.4. The van der Waals surface area contributed by atoms with Crippen LogP contribution in [0.3, 0.4) is 0 Å². The minimum atomic E-state index is -0.870. The van der Waals surface area contributed by atoms with Gasteiger partial charge in [-0.2, -0.15) is 0 Å². The largest absolute Gasteiger partial charge is 0.481 e. The molecule has 0 aromatic rings. The summed E-state index contributed by atoms with van der Waals surface area (Å²) in [6, 6.07) is 0. The predicted octanol–water partition coefficient (Wildman–Crippen LogP) is 6.20. The quantitative estimate of drug-likeness (QED) is 0.227. The van der Waals surface area contributed by atoms with E-state index in [1.54, 1.807) is 4.90 Å². The molecule has 1 amide bonds. The number of carbonyl (C=O) groups excluding carboxylic acids is 1. The lowest BCUT2D eigenvalue weighted by Gasteiger charge is -2.24. The second kappa shape index (κ2) is 18.1. The number of rotatable bonds is 18. The Kier molecular flexibility index (Phi) is 17.2. The molecule has 0 aliphatic rings. The Hall–Kier alpha value is -1.32. The standard InChI is InChI=1S/C23H43NO3/c1-4-7-8-9-10-11-12-13-14-15-16-17-18-19-21(20-22(25)26)23(27)24(5-2)6-3/h8-9,21H,4-7,10-20H2,1-3H3,(H,25,26)/b9-8+. The van der Waals surface area contributed by atoms with Gasteiger partial charge in [-0.25, -0.2) is 0 Å². The molecule has 0 saturated heterocycles. The maximum atomic E-state index is 12.4. The number of carboxylic acids is 1. The van der Waals surface area contributed by atoms with Crippen LogP contribution < -0.4 is 0 Å². The van der Waals surface area contributed by atoms with Crippen LogP contribution in [-0.2, 0) is 9.59 Å². The molecule has 0 aromatic heterocycles. The van der Waals surface area contributed by atoms with E-state index >= 15 is 0 Å². The fourth-order valence-electron chi connectivity index (χ4n) is 3.43. The van der Waals surface area contributed by atoms with Crippen molar-refractivity contribution in [3.8, 4) is 0 Å². The van der Waals surface area contributed by atoms with Crippen LogP contribution in [0.15, 0.2) is 12.2 Å². The Morgan fingerprint density at radius 3 is 1.85 bits per heavy atom. The van der Waals surface area contributed by atoms with E-state index in [0.29, 0.717) is 19.5 Å². The first-order chi connectivity index (χ1) is 13.1. The van der Waals surface area contributed by atoms with Crippen molar-refractivity contribution in [3.63, 3.8) is 0 Å². The number of hydrogen-bond acceptors (Lipinski definition) is 2. The van der Waals surface area contributed by atoms with E-state index in [9.17, 15) is 9.59 Å². The van der Waals surface area contributed by atoms with Gasteiger partial charge in [0.25, 0.3) is 0 Å². The lowest BCUT2D eigenvalue weighted by Crippen LogP contribution is -2.36. The maximum Gasteiger partial charge on any atom is 0.304 e. The molecule has 0 rings (SSSR count). The van der Waals surface area contributed by atoms with E-state index in [2.05, 4.69) is 19.1 Å². The van der Waals surface area contributed by atoms with Gasteiger partial charge in [0.15, 0.2) is 0 Å². The number of carboxylic acid groups (broad SMARTS) is 1. The molecule has 0 aliphatic carbocycles. The van der Waals surface area contributed by atoms with Crippen molar-refractivity contribution in [1.82, 2.24) is 4.90 Å². The van der Waals surface area contributed by atoms with Crippen LogP contribution in [0.1, 0.15) is 104 Å². The molecule has 0 aliphatic heterocycles. The van der Waals surface area contributed by atoms with Gasteiger partial charge in [-0.05, 0) is 39.5 Å². The Labute approximate surface area is 167 Å². The molecule has 0 aromatic carbocycles. The Bertz CT molecular complexity index is 402. The van der Waals surface area contributed by atoms with Gasteiger partial charge in [-0.15, -0.1) is 0 Å². The molecule has 1 atom stereocenters. The lowest BCUT2D eigenvalue weighted by atomic mass is 9.95. The van der Waals surface area contributed by atoms with Crippen molar-refractivity contribution in [3.05, 3.63) is 12.2 Å². The number of carbonyl (C=O) groups is 2. The van der Waals surface area contributed by atoms with Gasteiger partial charge in [0.05, 0.1) is 6.42 Å². The van der Waals surface area contributed by atoms with Gasteiger partial charge in [0, 0.05) is 19.0 Å². The smallest absolute Gasteiger partial charge is 0.304 e. The van der Waals surface area contributed by atoms with Gasteiger partial charge < -0.3 is 10.0 Å². The molecular weight excluding hydrogens is 338 g/mol. The Morgan fingerprint density at radius 1 is 0.815 bits per heavy atom. The van der Waals surface area contributed by atoms with Crippen molar-refractivity contribution >= 4 is 11.9 Å². The number of allylic oxidation sites excluding steroid dienone is 2. The first-order valence-corrected chi connectivity index (χ1v) is 11.2. The predicted molar refractivity (Wildman–Crippen MR) is 114 cm³/mol. The minimum absolute atomic E-state index is 0.00962. The first kappa shape index (κ1) is 25.7. The van der Waals surface area contributed by atoms with Crippen LogP contribution in [0.2, 0.25) is 0 Å². The highest BCUT2D eigenvalue weighted by molar-refractivity contribution is 5.83. The molecule has 4 heteroatoms. The number of nitrogens with zero attached hydrogens (tertiary/aromatic N) is 1. The topological polar surface area (TPSA) is 57.6 Å². The molecular formula is C23H43NO3. The summed E-state index contributed by atoms with van der Waals surface area (Å²) in [5, 5.41) is 9.09. The summed E-state index contributed by atoms with van der Waals surface area (Å²) in [6.07, 6.45) is 18.6. The summed E-state index contributed by atoms with van der Waals surface area (Å²) >= 11 is 0. The molecule has 0 radical (unpaired) electrons. The van der Waals surface area contributed by atoms with Crippen molar-refractivity contribution < 1.29 is 14.7 Å². The molecule has 0 fully saturated rings. The third-order valence-electron chi connectivity index (χ3n) is 5.14. The second-order valence-corrected chi connectivity index (χ2v) is 7.47. The molecule has 0 heterocycles. The zero-order valence-corrected chi connectivity index (χ0v) is 18.0. The average molecular weight is 382 g/mol. The molecule has 1 unspecified atom stereocenters. The van der Waals surface area contributed by atoms with Crippen molar-refractivity contribution in [2.45, 2.75) is 104 Å². The summed E-state index contributed by atoms with van der Waals surface area (Å²) < 4.78 is 0. The van der Waals surface area contributed by atoms with E-state index in [-0.39, 0.29) is 18.2 Å². The van der Waals surface area contributed by atoms with Gasteiger partial charge in [0.2, 0.25) is 5.91 Å². The second-order valence-electron chi connectivity index (χ2n) is 7.47.